The molecule has 0 saturated carbocycles. The zero-order valence-corrected chi connectivity index (χ0v) is 28.8. The zero-order chi connectivity index (χ0) is 30.8. The number of amides is 1. The summed E-state index contributed by atoms with van der Waals surface area (Å²) in [6, 6.07) is 0. The molecule has 0 aromatic rings. The first-order valence-electron chi connectivity index (χ1n) is 18.7. The molecule has 1 amide bonds. The molecule has 0 atom stereocenters. The van der Waals surface area contributed by atoms with Gasteiger partial charge in [0.2, 0.25) is 5.91 Å². The predicted octanol–water partition coefficient (Wildman–Crippen LogP) is 10.5. The first-order chi connectivity index (χ1) is 20.6. The minimum atomic E-state index is -0.0661. The molecule has 249 valence electrons. The average molecular weight is 595 g/mol. The van der Waals surface area contributed by atoms with Gasteiger partial charge in [-0.1, -0.05) is 162 Å². The van der Waals surface area contributed by atoms with E-state index in [0.29, 0.717) is 19.4 Å². The van der Waals surface area contributed by atoms with Crippen LogP contribution in [-0.4, -0.2) is 50.1 Å². The third kappa shape index (κ3) is 33.4. The summed E-state index contributed by atoms with van der Waals surface area (Å²) in [5.41, 5.74) is 0. The Morgan fingerprint density at radius 2 is 0.952 bits per heavy atom. The number of hydrogen-bond acceptors (Lipinski definition) is 4. The van der Waals surface area contributed by atoms with Crippen molar-refractivity contribution in [2.45, 2.75) is 194 Å². The number of nitrogens with zero attached hydrogens (tertiary/aromatic N) is 1. The standard InChI is InChI=1S/C37H74N2O3/c1-4-6-8-10-12-14-16-18-19-21-23-25-27-31-37(41)42-35-34-39(3)33-29-30-36(40)38-32-28-26-24-22-20-17-15-13-11-9-7-5-2/h4-35H2,1-3H3,(H,38,40)/q+1. The van der Waals surface area contributed by atoms with Crippen LogP contribution in [0, 0.1) is 0 Å². The van der Waals surface area contributed by atoms with E-state index in [4.69, 9.17) is 4.74 Å². The van der Waals surface area contributed by atoms with Gasteiger partial charge < -0.3 is 15.0 Å². The maximum Gasteiger partial charge on any atom is 0.574 e. The Morgan fingerprint density at radius 3 is 1.40 bits per heavy atom. The first kappa shape index (κ1) is 40.9. The van der Waals surface area contributed by atoms with Crippen LogP contribution in [0.2, 0.25) is 0 Å². The maximum absolute atomic E-state index is 12.1. The molecular formula is C37H74N2O3+. The SMILES string of the molecule is CCCCCCCCCCCCCCCC(=[O+])OCCN(C)CCCC(=O)NCCCCCCCCCCCCCC. The number of likely N-dealkylation sites (N-methyl/N-ethyl adjacent to an activating group) is 1. The lowest BCUT2D eigenvalue weighted by molar-refractivity contribution is -0.144. The van der Waals surface area contributed by atoms with Crippen molar-refractivity contribution in [2.75, 3.05) is 33.3 Å². The van der Waals surface area contributed by atoms with E-state index in [9.17, 15) is 9.59 Å². The highest BCUT2D eigenvalue weighted by Gasteiger charge is 2.16. The molecule has 42 heavy (non-hydrogen) atoms. The second kappa shape index (κ2) is 34.4. The molecule has 1 radical (unpaired) electrons. The Kier molecular flexibility index (Phi) is 33.5. The summed E-state index contributed by atoms with van der Waals surface area (Å²) in [5.74, 6) is 0.0966. The number of esters is 1. The summed E-state index contributed by atoms with van der Waals surface area (Å²) < 4.78 is 5.42. The van der Waals surface area contributed by atoms with Crippen LogP contribution < -0.4 is 5.32 Å². The summed E-state index contributed by atoms with van der Waals surface area (Å²) in [6.45, 7) is 7.37. The summed E-state index contributed by atoms with van der Waals surface area (Å²) in [6.07, 6.45) is 35.1. The highest BCUT2D eigenvalue weighted by molar-refractivity contribution is 5.75. The molecule has 5 nitrogen and oxygen atoms in total. The van der Waals surface area contributed by atoms with Gasteiger partial charge in [-0.2, -0.15) is 0 Å². The van der Waals surface area contributed by atoms with Gasteiger partial charge in [0.05, 0.1) is 6.54 Å². The number of nitrogens with one attached hydrogen (secondary N) is 1. The van der Waals surface area contributed by atoms with Crippen LogP contribution >= 0.6 is 0 Å². The van der Waals surface area contributed by atoms with Crippen LogP contribution in [-0.2, 0) is 14.3 Å². The van der Waals surface area contributed by atoms with E-state index < -0.39 is 0 Å². The molecule has 0 aliphatic heterocycles. The van der Waals surface area contributed by atoms with Crippen LogP contribution in [0.1, 0.15) is 194 Å². The molecule has 0 rings (SSSR count). The van der Waals surface area contributed by atoms with E-state index in [-0.39, 0.29) is 11.9 Å². The number of carbonyl (C=O) groups excluding carboxylic acids is 2. The lowest BCUT2D eigenvalue weighted by Crippen LogP contribution is -2.28. The molecule has 0 saturated heterocycles. The van der Waals surface area contributed by atoms with E-state index in [1.54, 1.807) is 0 Å². The topological polar surface area (TPSA) is 61.5 Å². The van der Waals surface area contributed by atoms with Crippen molar-refractivity contribution < 1.29 is 14.3 Å². The Labute approximate surface area is 263 Å². The monoisotopic (exact) mass is 595 g/mol. The lowest BCUT2D eigenvalue weighted by atomic mass is 10.0. The number of rotatable bonds is 34. The minimum Gasteiger partial charge on any atom is -0.356 e. The molecule has 1 N–H and O–H groups in total. The summed E-state index contributed by atoms with van der Waals surface area (Å²) >= 11 is 0. The van der Waals surface area contributed by atoms with Gasteiger partial charge >= 0.3 is 5.97 Å². The molecule has 0 aromatic heterocycles. The van der Waals surface area contributed by atoms with E-state index in [0.717, 1.165) is 45.3 Å². The van der Waals surface area contributed by atoms with Crippen molar-refractivity contribution in [1.29, 1.82) is 0 Å². The summed E-state index contributed by atoms with van der Waals surface area (Å²) in [7, 11) is 2.03. The van der Waals surface area contributed by atoms with Crippen molar-refractivity contribution in [3.8, 4) is 0 Å². The maximum atomic E-state index is 12.1. The molecule has 5 heteroatoms. The molecule has 0 unspecified atom stereocenters. The van der Waals surface area contributed by atoms with E-state index >= 15 is 0 Å². The van der Waals surface area contributed by atoms with Crippen LogP contribution in [0.3, 0.4) is 0 Å². The van der Waals surface area contributed by atoms with Crippen LogP contribution in [0.5, 0.6) is 0 Å². The van der Waals surface area contributed by atoms with Gasteiger partial charge in [-0.25, -0.2) is 0 Å². The third-order valence-corrected chi connectivity index (χ3v) is 8.52. The Balaban J connectivity index is 3.37. The summed E-state index contributed by atoms with van der Waals surface area (Å²) in [4.78, 5) is 26.2. The van der Waals surface area contributed by atoms with Gasteiger partial charge in [0.1, 0.15) is 6.42 Å². The molecule has 0 aliphatic rings. The third-order valence-electron chi connectivity index (χ3n) is 8.52. The molecule has 0 spiro atoms. The Hall–Kier alpha value is -1.10. The Bertz CT molecular complexity index is 521. The molecule has 0 aromatic carbocycles. The molecule has 0 fully saturated rings. The van der Waals surface area contributed by atoms with Gasteiger partial charge in [0, 0.05) is 17.8 Å². The highest BCUT2D eigenvalue weighted by Crippen LogP contribution is 2.14. The first-order valence-corrected chi connectivity index (χ1v) is 18.7. The van der Waals surface area contributed by atoms with Gasteiger partial charge in [0.15, 0.2) is 6.61 Å². The quantitative estimate of drug-likeness (QED) is 0.0457. The van der Waals surface area contributed by atoms with Crippen molar-refractivity contribution in [2.24, 2.45) is 0 Å². The fourth-order valence-corrected chi connectivity index (χ4v) is 5.58. The van der Waals surface area contributed by atoms with E-state index in [1.807, 2.05) is 7.05 Å². The van der Waals surface area contributed by atoms with Crippen LogP contribution in [0.25, 0.3) is 0 Å². The smallest absolute Gasteiger partial charge is 0.356 e. The van der Waals surface area contributed by atoms with Crippen molar-refractivity contribution in [3.05, 3.63) is 0 Å². The number of hydrogen-bond donors (Lipinski definition) is 1. The molecular weight excluding hydrogens is 520 g/mol. The zero-order valence-electron chi connectivity index (χ0n) is 28.8. The van der Waals surface area contributed by atoms with Crippen molar-refractivity contribution in [3.63, 3.8) is 0 Å². The van der Waals surface area contributed by atoms with Crippen molar-refractivity contribution >= 4 is 11.9 Å². The van der Waals surface area contributed by atoms with Gasteiger partial charge in [0.25, 0.3) is 0 Å². The predicted molar refractivity (Wildman–Crippen MR) is 182 cm³/mol. The minimum absolute atomic E-state index is 0.0661. The van der Waals surface area contributed by atoms with E-state index in [2.05, 4.69) is 24.1 Å². The second-order valence-corrected chi connectivity index (χ2v) is 12.9. The number of ether oxygens (including phenoxy) is 1. The molecule has 0 heterocycles. The number of unbranched alkanes of at least 4 members (excludes halogenated alkanes) is 23. The van der Waals surface area contributed by atoms with Crippen LogP contribution in [0.4, 0.5) is 0 Å². The van der Waals surface area contributed by atoms with E-state index in [1.165, 1.54) is 141 Å². The fourth-order valence-electron chi connectivity index (χ4n) is 5.58. The Morgan fingerprint density at radius 1 is 0.548 bits per heavy atom. The average Bonchev–Trinajstić information content (AvgIpc) is 2.98. The summed E-state index contributed by atoms with van der Waals surface area (Å²) in [5, 5.41) is 3.07. The van der Waals surface area contributed by atoms with Gasteiger partial charge in [-0.3, -0.25) is 4.79 Å². The largest absolute Gasteiger partial charge is 0.574 e. The number of carbonyl (C=O) groups is 2. The van der Waals surface area contributed by atoms with Crippen molar-refractivity contribution in [1.82, 2.24) is 10.2 Å². The normalized spacial score (nSPS) is 11.3. The van der Waals surface area contributed by atoms with Gasteiger partial charge in [-0.15, -0.1) is 0 Å². The van der Waals surface area contributed by atoms with Gasteiger partial charge in [-0.05, 0) is 32.9 Å². The fraction of sp³-hybridized carbons (Fsp3) is 0.946. The molecule has 0 bridgehead atoms. The second-order valence-electron chi connectivity index (χ2n) is 12.9. The highest BCUT2D eigenvalue weighted by atomic mass is 16.5. The lowest BCUT2D eigenvalue weighted by Gasteiger charge is -2.14. The van der Waals surface area contributed by atoms with Crippen LogP contribution in [0.15, 0.2) is 0 Å². The molecule has 0 aliphatic carbocycles.